The Morgan fingerprint density at radius 2 is 2.23 bits per heavy atom. The minimum absolute atomic E-state index is 0.288. The van der Waals surface area contributed by atoms with E-state index in [-0.39, 0.29) is 5.82 Å². The maximum atomic E-state index is 12.7. The first-order valence-electron chi connectivity index (χ1n) is 4.00. The quantitative estimate of drug-likeness (QED) is 0.623. The van der Waals surface area contributed by atoms with E-state index in [1.165, 1.54) is 12.1 Å². The molecule has 0 aliphatic carbocycles. The van der Waals surface area contributed by atoms with Crippen molar-refractivity contribution in [2.24, 2.45) is 0 Å². The lowest BCUT2D eigenvalue weighted by Crippen LogP contribution is -1.98. The SMILES string of the molecule is Fc1cccc(OC2=CC=C[B]2)c1. The molecular formula is C10H7BFO. The summed E-state index contributed by atoms with van der Waals surface area (Å²) in [4.78, 5) is 0. The molecule has 2 rings (SSSR count). The molecule has 0 aromatic heterocycles. The van der Waals surface area contributed by atoms with E-state index in [1.807, 2.05) is 25.4 Å². The Morgan fingerprint density at radius 3 is 2.92 bits per heavy atom. The van der Waals surface area contributed by atoms with Crippen LogP contribution in [-0.2, 0) is 0 Å². The first-order chi connectivity index (χ1) is 6.34. The molecule has 0 unspecified atom stereocenters. The van der Waals surface area contributed by atoms with Crippen molar-refractivity contribution in [3.8, 4) is 5.75 Å². The highest BCUT2D eigenvalue weighted by atomic mass is 19.1. The van der Waals surface area contributed by atoms with Gasteiger partial charge in [0.05, 0.1) is 5.66 Å². The number of rotatable bonds is 2. The summed E-state index contributed by atoms with van der Waals surface area (Å²) >= 11 is 0. The van der Waals surface area contributed by atoms with E-state index in [9.17, 15) is 4.39 Å². The van der Waals surface area contributed by atoms with Crippen LogP contribution >= 0.6 is 0 Å². The second-order valence-corrected chi connectivity index (χ2v) is 2.68. The largest absolute Gasteiger partial charge is 0.472 e. The third-order valence-corrected chi connectivity index (χ3v) is 1.66. The summed E-state index contributed by atoms with van der Waals surface area (Å²) in [5, 5.41) is 0. The molecule has 0 amide bonds. The topological polar surface area (TPSA) is 9.23 Å². The molecule has 0 bridgehead atoms. The van der Waals surface area contributed by atoms with E-state index in [4.69, 9.17) is 4.74 Å². The molecule has 1 aliphatic rings. The summed E-state index contributed by atoms with van der Waals surface area (Å²) in [5.41, 5.74) is 0.727. The smallest absolute Gasteiger partial charge is 0.231 e. The van der Waals surface area contributed by atoms with Crippen LogP contribution in [0.25, 0.3) is 0 Å². The van der Waals surface area contributed by atoms with Gasteiger partial charge >= 0.3 is 0 Å². The summed E-state index contributed by atoms with van der Waals surface area (Å²) in [6.07, 6.45) is 3.69. The second-order valence-electron chi connectivity index (χ2n) is 2.68. The zero-order valence-corrected chi connectivity index (χ0v) is 6.91. The van der Waals surface area contributed by atoms with Crippen molar-refractivity contribution in [1.82, 2.24) is 0 Å². The normalized spacial score (nSPS) is 13.8. The Hall–Kier alpha value is -1.51. The van der Waals surface area contributed by atoms with Crippen LogP contribution in [-0.4, -0.2) is 7.28 Å². The van der Waals surface area contributed by atoms with Crippen LogP contribution < -0.4 is 4.74 Å². The fraction of sp³-hybridized carbons (Fsp3) is 0. The molecule has 0 atom stereocenters. The number of halogens is 1. The molecule has 13 heavy (non-hydrogen) atoms. The van der Waals surface area contributed by atoms with E-state index < -0.39 is 0 Å². The van der Waals surface area contributed by atoms with Crippen molar-refractivity contribution in [1.29, 1.82) is 0 Å². The summed E-state index contributed by atoms with van der Waals surface area (Å²) in [5.74, 6) is 2.10. The number of hydrogen-bond acceptors (Lipinski definition) is 1. The van der Waals surface area contributed by atoms with Crippen LogP contribution in [0.2, 0.25) is 0 Å². The van der Waals surface area contributed by atoms with Gasteiger partial charge in [-0.2, -0.15) is 0 Å². The lowest BCUT2D eigenvalue weighted by molar-refractivity contribution is 0.457. The summed E-state index contributed by atoms with van der Waals surface area (Å²) in [6.45, 7) is 0. The highest BCUT2D eigenvalue weighted by Crippen LogP contribution is 2.16. The molecule has 0 spiro atoms. The Balaban J connectivity index is 2.10. The van der Waals surface area contributed by atoms with Gasteiger partial charge in [0, 0.05) is 6.07 Å². The molecule has 63 valence electrons. The number of ether oxygens (including phenoxy) is 1. The third-order valence-electron chi connectivity index (χ3n) is 1.66. The number of benzene rings is 1. The Labute approximate surface area is 76.8 Å². The van der Waals surface area contributed by atoms with Gasteiger partial charge in [-0.25, -0.2) is 4.39 Å². The fourth-order valence-electron chi connectivity index (χ4n) is 1.09. The Morgan fingerprint density at radius 1 is 1.31 bits per heavy atom. The van der Waals surface area contributed by atoms with Gasteiger partial charge in [0.15, 0.2) is 0 Å². The van der Waals surface area contributed by atoms with Gasteiger partial charge in [-0.05, 0) is 18.2 Å². The van der Waals surface area contributed by atoms with E-state index in [0.717, 1.165) is 5.66 Å². The van der Waals surface area contributed by atoms with Gasteiger partial charge in [0.2, 0.25) is 7.28 Å². The van der Waals surface area contributed by atoms with Gasteiger partial charge in [-0.3, -0.25) is 0 Å². The fourth-order valence-corrected chi connectivity index (χ4v) is 1.09. The molecule has 0 saturated carbocycles. The predicted molar refractivity (Wildman–Crippen MR) is 50.0 cm³/mol. The van der Waals surface area contributed by atoms with Crippen molar-refractivity contribution in [2.45, 2.75) is 0 Å². The third kappa shape index (κ3) is 1.99. The first-order valence-corrected chi connectivity index (χ1v) is 4.00. The van der Waals surface area contributed by atoms with Crippen LogP contribution in [0.1, 0.15) is 0 Å². The maximum absolute atomic E-state index is 12.7. The van der Waals surface area contributed by atoms with Crippen molar-refractivity contribution in [2.75, 3.05) is 0 Å². The van der Waals surface area contributed by atoms with Crippen molar-refractivity contribution in [3.05, 3.63) is 53.9 Å². The molecule has 0 N–H and O–H groups in total. The van der Waals surface area contributed by atoms with Gasteiger partial charge in [0.25, 0.3) is 0 Å². The van der Waals surface area contributed by atoms with Crippen LogP contribution in [0.3, 0.4) is 0 Å². The zero-order valence-electron chi connectivity index (χ0n) is 6.91. The summed E-state index contributed by atoms with van der Waals surface area (Å²) in [6, 6.07) is 6.08. The molecular weight excluding hydrogens is 166 g/mol. The number of hydrogen-bond donors (Lipinski definition) is 0. The average Bonchev–Trinajstić information content (AvgIpc) is 2.57. The molecule has 0 saturated heterocycles. The zero-order chi connectivity index (χ0) is 9.10. The predicted octanol–water partition coefficient (Wildman–Crippen LogP) is 2.28. The molecule has 1 heterocycles. The first kappa shape index (κ1) is 8.11. The summed E-state index contributed by atoms with van der Waals surface area (Å²) in [7, 11) is 1.82. The highest BCUT2D eigenvalue weighted by Gasteiger charge is 2.03. The standard InChI is InChI=1S/C10H7BFO/c12-8-3-1-4-9(7-8)13-10-5-2-6-11-10/h1-7H. The molecule has 1 aromatic carbocycles. The minimum atomic E-state index is -0.288. The van der Waals surface area contributed by atoms with E-state index in [1.54, 1.807) is 12.1 Å². The van der Waals surface area contributed by atoms with Crippen LogP contribution in [0.5, 0.6) is 5.75 Å². The molecule has 0 fully saturated rings. The number of allylic oxidation sites excluding steroid dienone is 2. The van der Waals surface area contributed by atoms with Gasteiger partial charge in [-0.15, -0.1) is 5.98 Å². The van der Waals surface area contributed by atoms with Gasteiger partial charge in [-0.1, -0.05) is 12.1 Å². The lowest BCUT2D eigenvalue weighted by atomic mass is 9.80. The Kier molecular flexibility index (Phi) is 2.17. The van der Waals surface area contributed by atoms with Crippen molar-refractivity contribution < 1.29 is 9.13 Å². The second kappa shape index (κ2) is 3.48. The molecule has 1 aromatic rings. The van der Waals surface area contributed by atoms with Crippen LogP contribution in [0, 0.1) is 5.82 Å². The van der Waals surface area contributed by atoms with Gasteiger partial charge in [0.1, 0.15) is 11.6 Å². The monoisotopic (exact) mass is 173 g/mol. The molecule has 3 heteroatoms. The molecule has 1 radical (unpaired) electrons. The van der Waals surface area contributed by atoms with E-state index in [2.05, 4.69) is 0 Å². The van der Waals surface area contributed by atoms with Crippen LogP contribution in [0.4, 0.5) is 4.39 Å². The van der Waals surface area contributed by atoms with Crippen molar-refractivity contribution >= 4 is 7.28 Å². The molecule has 1 aliphatic heterocycles. The van der Waals surface area contributed by atoms with Crippen LogP contribution in [0.15, 0.2) is 48.1 Å². The van der Waals surface area contributed by atoms with Crippen molar-refractivity contribution in [3.63, 3.8) is 0 Å². The van der Waals surface area contributed by atoms with E-state index in [0.29, 0.717) is 5.75 Å². The Bertz CT molecular complexity index is 371. The molecule has 1 nitrogen and oxygen atoms in total. The highest BCUT2D eigenvalue weighted by molar-refractivity contribution is 6.51. The summed E-state index contributed by atoms with van der Waals surface area (Å²) < 4.78 is 18.1. The maximum Gasteiger partial charge on any atom is 0.231 e. The van der Waals surface area contributed by atoms with E-state index >= 15 is 0 Å². The minimum Gasteiger partial charge on any atom is -0.472 e. The average molecular weight is 173 g/mol. The lowest BCUT2D eigenvalue weighted by Gasteiger charge is -2.05. The van der Waals surface area contributed by atoms with Gasteiger partial charge < -0.3 is 4.74 Å².